The number of hydrogen-bond acceptors (Lipinski definition) is 3. The van der Waals surface area contributed by atoms with Crippen LogP contribution in [0.4, 0.5) is 0 Å². The molecular formula is C14H25NO4. The van der Waals surface area contributed by atoms with Gasteiger partial charge in [-0.2, -0.15) is 0 Å². The largest absolute Gasteiger partial charge is 0.481 e. The van der Waals surface area contributed by atoms with E-state index in [4.69, 9.17) is 5.11 Å². The van der Waals surface area contributed by atoms with Crippen molar-refractivity contribution in [3.8, 4) is 0 Å². The van der Waals surface area contributed by atoms with E-state index in [1.165, 1.54) is 0 Å². The van der Waals surface area contributed by atoms with Gasteiger partial charge >= 0.3 is 5.97 Å². The zero-order chi connectivity index (χ0) is 14.8. The highest BCUT2D eigenvalue weighted by molar-refractivity contribution is 5.78. The summed E-state index contributed by atoms with van der Waals surface area (Å²) in [6.45, 7) is 5.69. The predicted octanol–water partition coefficient (Wildman–Crippen LogP) is 2.00. The Hall–Kier alpha value is -1.39. The lowest BCUT2D eigenvalue weighted by atomic mass is 10.0. The number of Topliss-reactive ketones (excluding diaryl/α,β-unsaturated/α-hetero) is 1. The molecule has 0 aromatic carbocycles. The van der Waals surface area contributed by atoms with Crippen LogP contribution in [-0.2, 0) is 14.4 Å². The molecule has 0 aliphatic rings. The van der Waals surface area contributed by atoms with Crippen LogP contribution in [0.15, 0.2) is 0 Å². The van der Waals surface area contributed by atoms with Crippen LogP contribution in [0, 0.1) is 11.8 Å². The van der Waals surface area contributed by atoms with Crippen LogP contribution in [0.25, 0.3) is 0 Å². The number of carbonyl (C=O) groups is 3. The summed E-state index contributed by atoms with van der Waals surface area (Å²) < 4.78 is 0. The molecule has 0 saturated carbocycles. The number of ketones is 1. The monoisotopic (exact) mass is 271 g/mol. The van der Waals surface area contributed by atoms with Crippen LogP contribution in [0.3, 0.4) is 0 Å². The van der Waals surface area contributed by atoms with Crippen LogP contribution in [0.2, 0.25) is 0 Å². The highest BCUT2D eigenvalue weighted by Gasteiger charge is 2.12. The lowest BCUT2D eigenvalue weighted by Crippen LogP contribution is -2.25. The second-order valence-corrected chi connectivity index (χ2v) is 5.14. The normalized spacial score (nSPS) is 13.6. The Labute approximate surface area is 114 Å². The third kappa shape index (κ3) is 9.22. The van der Waals surface area contributed by atoms with Crippen molar-refractivity contribution in [2.24, 2.45) is 11.8 Å². The first-order valence-corrected chi connectivity index (χ1v) is 6.84. The second-order valence-electron chi connectivity index (χ2n) is 5.14. The molecule has 19 heavy (non-hydrogen) atoms. The van der Waals surface area contributed by atoms with E-state index in [1.807, 2.05) is 6.92 Å². The van der Waals surface area contributed by atoms with Crippen molar-refractivity contribution in [2.75, 3.05) is 6.54 Å². The maximum Gasteiger partial charge on any atom is 0.306 e. The van der Waals surface area contributed by atoms with Crippen LogP contribution in [-0.4, -0.2) is 29.3 Å². The minimum Gasteiger partial charge on any atom is -0.481 e. The quantitative estimate of drug-likeness (QED) is 0.595. The van der Waals surface area contributed by atoms with Gasteiger partial charge in [0.05, 0.1) is 5.92 Å². The number of carboxylic acid groups (broad SMARTS) is 1. The van der Waals surface area contributed by atoms with Crippen LogP contribution in [0.5, 0.6) is 0 Å². The first-order chi connectivity index (χ1) is 8.84. The van der Waals surface area contributed by atoms with Gasteiger partial charge in [-0.1, -0.05) is 20.3 Å². The first-order valence-electron chi connectivity index (χ1n) is 6.84. The number of nitrogens with one attached hydrogen (secondary N) is 1. The summed E-state index contributed by atoms with van der Waals surface area (Å²) in [6, 6.07) is 0. The molecule has 1 amide bonds. The van der Waals surface area contributed by atoms with Gasteiger partial charge in [-0.25, -0.2) is 0 Å². The van der Waals surface area contributed by atoms with Gasteiger partial charge in [0.2, 0.25) is 5.91 Å². The molecule has 0 unspecified atom stereocenters. The van der Waals surface area contributed by atoms with Crippen LogP contribution < -0.4 is 5.32 Å². The van der Waals surface area contributed by atoms with Crippen molar-refractivity contribution in [3.05, 3.63) is 0 Å². The van der Waals surface area contributed by atoms with Crippen LogP contribution >= 0.6 is 0 Å². The van der Waals surface area contributed by atoms with Gasteiger partial charge in [0.15, 0.2) is 0 Å². The van der Waals surface area contributed by atoms with Crippen molar-refractivity contribution in [1.82, 2.24) is 5.32 Å². The standard InChI is InChI=1S/C14H25NO4/c1-10(12(3)16)6-4-5-9-15-13(17)8-7-11(2)14(18)19/h10-11H,4-9H2,1-3H3,(H,15,17)(H,18,19)/t10-,11-/m0/s1. The van der Waals surface area contributed by atoms with Crippen LogP contribution in [0.1, 0.15) is 52.9 Å². The molecule has 0 heterocycles. The molecule has 0 aliphatic carbocycles. The number of rotatable bonds is 10. The molecule has 0 spiro atoms. The van der Waals surface area contributed by atoms with Gasteiger partial charge in [-0.15, -0.1) is 0 Å². The molecular weight excluding hydrogens is 246 g/mol. The molecule has 0 aliphatic heterocycles. The Morgan fingerprint density at radius 3 is 2.21 bits per heavy atom. The lowest BCUT2D eigenvalue weighted by molar-refractivity contribution is -0.141. The van der Waals surface area contributed by atoms with Gasteiger partial charge in [0.1, 0.15) is 5.78 Å². The third-order valence-electron chi connectivity index (χ3n) is 3.31. The number of amides is 1. The molecule has 0 aromatic rings. The molecule has 5 heteroatoms. The lowest BCUT2D eigenvalue weighted by Gasteiger charge is -2.09. The van der Waals surface area contributed by atoms with E-state index in [0.29, 0.717) is 13.0 Å². The van der Waals surface area contributed by atoms with Gasteiger partial charge in [0, 0.05) is 18.9 Å². The van der Waals surface area contributed by atoms with Crippen molar-refractivity contribution in [2.45, 2.75) is 52.9 Å². The highest BCUT2D eigenvalue weighted by Crippen LogP contribution is 2.08. The van der Waals surface area contributed by atoms with E-state index in [2.05, 4.69) is 5.32 Å². The summed E-state index contributed by atoms with van der Waals surface area (Å²) in [5, 5.41) is 11.4. The summed E-state index contributed by atoms with van der Waals surface area (Å²) in [7, 11) is 0. The van der Waals surface area contributed by atoms with Crippen molar-refractivity contribution in [1.29, 1.82) is 0 Å². The van der Waals surface area contributed by atoms with Gasteiger partial charge in [-0.05, 0) is 26.2 Å². The molecule has 0 fully saturated rings. The fourth-order valence-corrected chi connectivity index (χ4v) is 1.57. The van der Waals surface area contributed by atoms with E-state index >= 15 is 0 Å². The van der Waals surface area contributed by atoms with Crippen molar-refractivity contribution < 1.29 is 19.5 Å². The Kier molecular flexibility index (Phi) is 8.83. The maximum absolute atomic E-state index is 11.4. The smallest absolute Gasteiger partial charge is 0.306 e. The number of carbonyl (C=O) groups excluding carboxylic acids is 2. The van der Waals surface area contributed by atoms with E-state index in [1.54, 1.807) is 13.8 Å². The Morgan fingerprint density at radius 2 is 1.68 bits per heavy atom. The molecule has 110 valence electrons. The minimum atomic E-state index is -0.869. The number of unbranched alkanes of at least 4 members (excludes halogenated alkanes) is 1. The van der Waals surface area contributed by atoms with E-state index in [0.717, 1.165) is 19.3 Å². The molecule has 0 radical (unpaired) electrons. The van der Waals surface area contributed by atoms with Gasteiger partial charge in [0.25, 0.3) is 0 Å². The SMILES string of the molecule is CC(=O)[C@@H](C)CCCCNC(=O)CC[C@H](C)C(=O)O. The van der Waals surface area contributed by atoms with Gasteiger partial charge < -0.3 is 10.4 Å². The number of aliphatic carboxylic acids is 1. The topological polar surface area (TPSA) is 83.5 Å². The number of carboxylic acids is 1. The third-order valence-corrected chi connectivity index (χ3v) is 3.31. The Bertz CT molecular complexity index is 315. The highest BCUT2D eigenvalue weighted by atomic mass is 16.4. The average Bonchev–Trinajstić information content (AvgIpc) is 2.34. The summed E-state index contributed by atoms with van der Waals surface area (Å²) in [5.74, 6) is -1.17. The summed E-state index contributed by atoms with van der Waals surface area (Å²) in [4.78, 5) is 33.0. The fourth-order valence-electron chi connectivity index (χ4n) is 1.57. The zero-order valence-corrected chi connectivity index (χ0v) is 12.1. The average molecular weight is 271 g/mol. The van der Waals surface area contributed by atoms with Crippen molar-refractivity contribution in [3.63, 3.8) is 0 Å². The molecule has 0 aromatic heterocycles. The molecule has 5 nitrogen and oxygen atoms in total. The fraction of sp³-hybridized carbons (Fsp3) is 0.786. The summed E-state index contributed by atoms with van der Waals surface area (Å²) in [6.07, 6.45) is 3.21. The molecule has 2 atom stereocenters. The molecule has 0 rings (SSSR count). The maximum atomic E-state index is 11.4. The Balaban J connectivity index is 3.54. The van der Waals surface area contributed by atoms with E-state index in [-0.39, 0.29) is 24.0 Å². The molecule has 2 N–H and O–H groups in total. The zero-order valence-electron chi connectivity index (χ0n) is 12.1. The molecule has 0 saturated heterocycles. The minimum absolute atomic E-state index is 0.0899. The predicted molar refractivity (Wildman–Crippen MR) is 72.7 cm³/mol. The van der Waals surface area contributed by atoms with E-state index < -0.39 is 11.9 Å². The van der Waals surface area contributed by atoms with Gasteiger partial charge in [-0.3, -0.25) is 14.4 Å². The second kappa shape index (κ2) is 9.53. The molecule has 0 bridgehead atoms. The van der Waals surface area contributed by atoms with E-state index in [9.17, 15) is 14.4 Å². The first kappa shape index (κ1) is 17.6. The summed E-state index contributed by atoms with van der Waals surface area (Å²) >= 11 is 0. The Morgan fingerprint density at radius 1 is 1.05 bits per heavy atom. The van der Waals surface area contributed by atoms with Crippen molar-refractivity contribution >= 4 is 17.7 Å². The number of hydrogen-bond donors (Lipinski definition) is 2. The summed E-state index contributed by atoms with van der Waals surface area (Å²) in [5.41, 5.74) is 0.